The molecule has 11 N–H and O–H groups in total. The van der Waals surface area contributed by atoms with Crippen LogP contribution in [0.15, 0.2) is 87.9 Å². The van der Waals surface area contributed by atoms with E-state index in [-0.39, 0.29) is 36.3 Å². The Hall–Kier alpha value is -7.27. The first-order valence-electron chi connectivity index (χ1n) is 20.9. The summed E-state index contributed by atoms with van der Waals surface area (Å²) >= 11 is -2.20. The maximum Gasteiger partial charge on any atom is 0.305 e. The van der Waals surface area contributed by atoms with Gasteiger partial charge in [0.1, 0.15) is 30.0 Å². The summed E-state index contributed by atoms with van der Waals surface area (Å²) in [6.07, 6.45) is 3.04. The van der Waals surface area contributed by atoms with Crippen molar-refractivity contribution < 1.29 is 47.4 Å². The number of hydrogen-bond acceptors (Lipinski definition) is 14. The molecule has 3 heterocycles. The van der Waals surface area contributed by atoms with E-state index >= 15 is 0 Å². The summed E-state index contributed by atoms with van der Waals surface area (Å²) < 4.78 is 21.0. The Morgan fingerprint density at radius 3 is 2.18 bits per heavy atom. The molecule has 0 radical (unpaired) electrons. The molecule has 23 heteroatoms. The van der Waals surface area contributed by atoms with E-state index in [1.165, 1.54) is 30.6 Å². The smallest absolute Gasteiger partial charge is 0.305 e. The van der Waals surface area contributed by atoms with Crippen molar-refractivity contribution in [2.75, 3.05) is 38.1 Å². The number of aliphatic carboxylic acids is 1. The highest BCUT2D eigenvalue weighted by Crippen LogP contribution is 2.12. The Morgan fingerprint density at radius 2 is 1.48 bits per heavy atom. The number of hydrogen-bond donors (Lipinski definition) is 11. The molecular weight excluding hydrogens is 865 g/mol. The van der Waals surface area contributed by atoms with Gasteiger partial charge in [-0.15, -0.1) is 0 Å². The number of nitrogens with zero attached hydrogens (tertiary/aromatic N) is 3. The largest absolute Gasteiger partial charge is 0.481 e. The maximum atomic E-state index is 14.0. The Kier molecular flexibility index (Phi) is 18.9. The first-order valence-corrected chi connectivity index (χ1v) is 22.0. The molecule has 2 aliphatic heterocycles. The van der Waals surface area contributed by atoms with Crippen LogP contribution in [0.2, 0.25) is 0 Å². The van der Waals surface area contributed by atoms with E-state index in [1.54, 1.807) is 48.5 Å². The van der Waals surface area contributed by atoms with Gasteiger partial charge >= 0.3 is 5.97 Å². The summed E-state index contributed by atoms with van der Waals surface area (Å²) in [5.74, 6) is -4.95. The van der Waals surface area contributed by atoms with Gasteiger partial charge in [0.05, 0.1) is 36.2 Å². The maximum absolute atomic E-state index is 14.0. The van der Waals surface area contributed by atoms with Gasteiger partial charge in [-0.1, -0.05) is 48.5 Å². The van der Waals surface area contributed by atoms with Crippen LogP contribution in [-0.4, -0.2) is 129 Å². The van der Waals surface area contributed by atoms with Crippen LogP contribution in [0, 0.1) is 0 Å². The lowest BCUT2D eigenvalue weighted by Gasteiger charge is -2.26. The molecule has 1 aromatic heterocycles. The number of pyridine rings is 1. The normalized spacial score (nSPS) is 20.0. The zero-order valence-corrected chi connectivity index (χ0v) is 36.0. The average Bonchev–Trinajstić information content (AvgIpc) is 3.82. The fraction of sp³-hybridized carbons (Fsp3) is 0.381. The lowest BCUT2D eigenvalue weighted by atomic mass is 10.0. The quantitative estimate of drug-likeness (QED) is 0.0320. The van der Waals surface area contributed by atoms with E-state index in [9.17, 15) is 47.4 Å². The minimum atomic E-state index is -2.20. The van der Waals surface area contributed by atoms with Crippen molar-refractivity contribution in [1.29, 1.82) is 0 Å². The minimum Gasteiger partial charge on any atom is -0.481 e. The van der Waals surface area contributed by atoms with Crippen molar-refractivity contribution in [3.05, 3.63) is 89.6 Å². The third-order valence-corrected chi connectivity index (χ3v) is 10.7. The van der Waals surface area contributed by atoms with Crippen molar-refractivity contribution in [1.82, 2.24) is 47.5 Å². The number of nitrogens with one attached hydrogen (secondary N) is 9. The van der Waals surface area contributed by atoms with Gasteiger partial charge in [-0.25, -0.2) is 9.19 Å². The van der Waals surface area contributed by atoms with Gasteiger partial charge in [0, 0.05) is 37.8 Å². The van der Waals surface area contributed by atoms with E-state index in [0.29, 0.717) is 61.8 Å². The molecular formula is C42H52N12O10S. The Labute approximate surface area is 376 Å². The molecule has 346 valence electrons. The fourth-order valence-electron chi connectivity index (χ4n) is 6.65. The highest BCUT2D eigenvalue weighted by molar-refractivity contribution is 7.79. The highest BCUT2D eigenvalue weighted by atomic mass is 32.2. The minimum absolute atomic E-state index is 0.0453. The summed E-state index contributed by atoms with van der Waals surface area (Å²) in [6.45, 7) is 1.23. The number of anilines is 1. The fourth-order valence-corrected chi connectivity index (χ4v) is 7.17. The molecule has 22 nitrogen and oxygen atoms in total. The number of guanidine groups is 1. The van der Waals surface area contributed by atoms with Crippen LogP contribution in [0.1, 0.15) is 60.0 Å². The third-order valence-electron chi connectivity index (χ3n) is 9.99. The number of unbranched alkanes of at least 4 members (excludes halogenated alkanes) is 1. The first kappa shape index (κ1) is 48.8. The van der Waals surface area contributed by atoms with Crippen LogP contribution >= 0.6 is 0 Å². The van der Waals surface area contributed by atoms with Gasteiger partial charge in [0.2, 0.25) is 29.5 Å². The lowest BCUT2D eigenvalue weighted by Crippen LogP contribution is -2.58. The topological polar surface area (TPSA) is 323 Å². The molecule has 0 aliphatic carbocycles. The van der Waals surface area contributed by atoms with Gasteiger partial charge in [0.25, 0.3) is 5.91 Å². The standard InChI is InChI=1S/C42H52N12O10S/c55-35-25-48-38(59)29(13-8-18-44-42-45-19-20-46-42)51-39(60)30(52-40(61)31(21-26-9-2-1-3-10-26)53-41(62)32(50-35)22-36(56)57)12-6-7-17-43-37(58)28-15-16-34(47-23-28)54-49-24-27-11-4-5-14-33(27)65(63)64/h1-5,9-11,14-16,23-24,29-32H,6-8,12-13,17-22,25H2,(H,43,58)(H,47,54)(H,48,59)(H,50,55)(H,51,60)(H,52,61)(H,53,62)(H,56,57)(H,63,64)(H2,44,45,46)/b49-24+/t29-,30-,31+,32-/m0/s1. The Morgan fingerprint density at radius 1 is 0.785 bits per heavy atom. The molecule has 65 heavy (non-hydrogen) atoms. The summed E-state index contributed by atoms with van der Waals surface area (Å²) in [7, 11) is 0. The Balaban J connectivity index is 1.25. The summed E-state index contributed by atoms with van der Waals surface area (Å²) in [5.41, 5.74) is 4.02. The summed E-state index contributed by atoms with van der Waals surface area (Å²) in [5, 5.41) is 35.4. The molecule has 1 saturated heterocycles. The molecule has 1 fully saturated rings. The van der Waals surface area contributed by atoms with Gasteiger partial charge in [-0.2, -0.15) is 5.10 Å². The van der Waals surface area contributed by atoms with Gasteiger partial charge < -0.3 is 52.2 Å². The number of aromatic nitrogens is 1. The zero-order valence-electron chi connectivity index (χ0n) is 35.2. The second kappa shape index (κ2) is 25.1. The number of carboxylic acids is 1. The van der Waals surface area contributed by atoms with Crippen molar-refractivity contribution in [3.63, 3.8) is 0 Å². The molecule has 6 amide bonds. The lowest BCUT2D eigenvalue weighted by molar-refractivity contribution is -0.141. The van der Waals surface area contributed by atoms with Crippen molar-refractivity contribution in [2.24, 2.45) is 10.1 Å². The van der Waals surface area contributed by atoms with E-state index < -0.39 is 89.6 Å². The first-order chi connectivity index (χ1) is 31.4. The SMILES string of the molecule is O=C(O)C[C@@H]1NC(=O)CNC(=O)[C@H](CCCNC2=NCCN2)NC(=O)[C@H](CCCCNC(=O)c2ccc(N/N=C/c3ccccc3S(=O)O)nc2)NC(=O)[C@@H](Cc2ccccc2)NC1=O. The number of carboxylic acid groups (broad SMARTS) is 1. The average molecular weight is 917 g/mol. The molecule has 0 spiro atoms. The number of aliphatic imine (C=N–C) groups is 1. The zero-order chi connectivity index (χ0) is 46.6. The predicted molar refractivity (Wildman–Crippen MR) is 238 cm³/mol. The van der Waals surface area contributed by atoms with Crippen molar-refractivity contribution in [2.45, 2.75) is 74.0 Å². The number of carbonyl (C=O) groups excluding carboxylic acids is 6. The van der Waals surface area contributed by atoms with Crippen LogP contribution in [0.25, 0.3) is 0 Å². The second-order valence-electron chi connectivity index (χ2n) is 14.9. The molecule has 2 aromatic carbocycles. The van der Waals surface area contributed by atoms with E-state index in [2.05, 4.69) is 63.0 Å². The summed E-state index contributed by atoms with van der Waals surface area (Å²) in [4.78, 5) is 101. The molecule has 5 rings (SSSR count). The second-order valence-corrected chi connectivity index (χ2v) is 15.8. The molecule has 0 saturated carbocycles. The van der Waals surface area contributed by atoms with Crippen LogP contribution < -0.4 is 48.0 Å². The monoisotopic (exact) mass is 916 g/mol. The highest BCUT2D eigenvalue weighted by Gasteiger charge is 2.33. The van der Waals surface area contributed by atoms with E-state index in [4.69, 9.17) is 0 Å². The number of amides is 6. The molecule has 2 aliphatic rings. The number of carbonyl (C=O) groups is 7. The van der Waals surface area contributed by atoms with Crippen LogP contribution in [0.5, 0.6) is 0 Å². The van der Waals surface area contributed by atoms with Crippen molar-refractivity contribution in [3.8, 4) is 0 Å². The Bertz CT molecular complexity index is 2250. The third kappa shape index (κ3) is 16.1. The molecule has 1 unspecified atom stereocenters. The number of benzene rings is 2. The molecule has 3 aromatic rings. The van der Waals surface area contributed by atoms with Gasteiger partial charge in [-0.05, 0) is 55.9 Å². The van der Waals surface area contributed by atoms with Gasteiger partial charge in [0.15, 0.2) is 17.0 Å². The van der Waals surface area contributed by atoms with Crippen LogP contribution in [-0.2, 0) is 46.3 Å². The van der Waals surface area contributed by atoms with Crippen LogP contribution in [0.4, 0.5) is 5.82 Å². The molecule has 0 bridgehead atoms. The number of hydrazone groups is 1. The van der Waals surface area contributed by atoms with E-state index in [1.807, 2.05) is 0 Å². The van der Waals surface area contributed by atoms with Crippen LogP contribution in [0.3, 0.4) is 0 Å². The molecule has 5 atom stereocenters. The summed E-state index contributed by atoms with van der Waals surface area (Å²) in [6, 6.07) is 12.9. The number of rotatable bonds is 18. The van der Waals surface area contributed by atoms with Gasteiger partial charge in [-0.3, -0.25) is 44.0 Å². The van der Waals surface area contributed by atoms with E-state index in [0.717, 1.165) is 0 Å². The van der Waals surface area contributed by atoms with Crippen molar-refractivity contribution >= 4 is 70.5 Å². The predicted octanol–water partition coefficient (Wildman–Crippen LogP) is -0.876.